The lowest BCUT2D eigenvalue weighted by atomic mass is 9.82. The summed E-state index contributed by atoms with van der Waals surface area (Å²) >= 11 is 0. The van der Waals surface area contributed by atoms with E-state index < -0.39 is 0 Å². The van der Waals surface area contributed by atoms with E-state index >= 15 is 0 Å². The lowest BCUT2D eigenvalue weighted by Gasteiger charge is -2.34. The van der Waals surface area contributed by atoms with Crippen molar-refractivity contribution in [2.45, 2.75) is 45.8 Å². The van der Waals surface area contributed by atoms with Gasteiger partial charge in [-0.05, 0) is 25.3 Å². The Morgan fingerprint density at radius 2 is 2.08 bits per heavy atom. The molecule has 0 aromatic heterocycles. The van der Waals surface area contributed by atoms with Gasteiger partial charge < -0.3 is 10.1 Å². The highest BCUT2D eigenvalue weighted by Crippen LogP contribution is 2.28. The maximum atomic E-state index is 5.67. The molecule has 1 aliphatic heterocycles. The first kappa shape index (κ1) is 10.0. The number of rotatable bonds is 2. The molecule has 0 aromatic rings. The normalized spacial score (nSPS) is 27.5. The van der Waals surface area contributed by atoms with Crippen molar-refractivity contribution in [1.29, 1.82) is 0 Å². The number of hydrogen-bond acceptors (Lipinski definition) is 2. The van der Waals surface area contributed by atoms with Crippen LogP contribution in [0.15, 0.2) is 0 Å². The molecule has 0 spiro atoms. The van der Waals surface area contributed by atoms with E-state index in [0.29, 0.717) is 17.6 Å². The summed E-state index contributed by atoms with van der Waals surface area (Å²) in [5.74, 6) is 0. The summed E-state index contributed by atoms with van der Waals surface area (Å²) < 4.78 is 5.67. The molecule has 0 aliphatic carbocycles. The molecule has 2 heteroatoms. The summed E-state index contributed by atoms with van der Waals surface area (Å²) in [5.41, 5.74) is 0.295. The van der Waals surface area contributed by atoms with Crippen molar-refractivity contribution in [1.82, 2.24) is 5.32 Å². The van der Waals surface area contributed by atoms with Crippen LogP contribution in [0.25, 0.3) is 0 Å². The first-order chi connectivity index (χ1) is 5.55. The van der Waals surface area contributed by atoms with Crippen LogP contribution >= 0.6 is 0 Å². The third-order valence-electron chi connectivity index (χ3n) is 2.58. The average Bonchev–Trinajstić information content (AvgIpc) is 2.38. The zero-order chi connectivity index (χ0) is 9.19. The third-order valence-corrected chi connectivity index (χ3v) is 2.58. The molecule has 0 bridgehead atoms. The predicted molar refractivity (Wildman–Crippen MR) is 51.3 cm³/mol. The summed E-state index contributed by atoms with van der Waals surface area (Å²) in [6.45, 7) is 7.72. The van der Waals surface area contributed by atoms with Gasteiger partial charge in [-0.25, -0.2) is 0 Å². The Labute approximate surface area is 75.7 Å². The number of hydrogen-bond donors (Lipinski definition) is 1. The molecular weight excluding hydrogens is 150 g/mol. The minimum Gasteiger partial charge on any atom is -0.377 e. The summed E-state index contributed by atoms with van der Waals surface area (Å²) in [7, 11) is 2.03. The highest BCUT2D eigenvalue weighted by molar-refractivity contribution is 4.88. The van der Waals surface area contributed by atoms with Crippen molar-refractivity contribution in [3.63, 3.8) is 0 Å². The molecule has 1 fully saturated rings. The van der Waals surface area contributed by atoms with Gasteiger partial charge in [-0.1, -0.05) is 20.8 Å². The Morgan fingerprint density at radius 3 is 2.42 bits per heavy atom. The molecular formula is C10H21NO. The second kappa shape index (κ2) is 3.75. The smallest absolute Gasteiger partial charge is 0.0733 e. The molecule has 72 valence electrons. The fourth-order valence-electron chi connectivity index (χ4n) is 2.04. The van der Waals surface area contributed by atoms with Gasteiger partial charge in [-0.3, -0.25) is 0 Å². The van der Waals surface area contributed by atoms with E-state index in [1.807, 2.05) is 7.05 Å². The summed E-state index contributed by atoms with van der Waals surface area (Å²) in [6.07, 6.45) is 2.86. The van der Waals surface area contributed by atoms with E-state index in [0.717, 1.165) is 6.61 Å². The molecule has 1 N–H and O–H groups in total. The van der Waals surface area contributed by atoms with Crippen molar-refractivity contribution >= 4 is 0 Å². The third kappa shape index (κ3) is 2.20. The van der Waals surface area contributed by atoms with Crippen molar-refractivity contribution in [2.24, 2.45) is 5.41 Å². The molecule has 0 radical (unpaired) electrons. The van der Waals surface area contributed by atoms with Crippen LogP contribution in [-0.2, 0) is 4.74 Å². The Hall–Kier alpha value is -0.0800. The summed E-state index contributed by atoms with van der Waals surface area (Å²) in [5, 5.41) is 3.36. The molecule has 1 saturated heterocycles. The van der Waals surface area contributed by atoms with Crippen LogP contribution in [0.2, 0.25) is 0 Å². The molecule has 0 saturated carbocycles. The monoisotopic (exact) mass is 171 g/mol. The quantitative estimate of drug-likeness (QED) is 0.684. The second-order valence-corrected chi connectivity index (χ2v) is 4.68. The van der Waals surface area contributed by atoms with Crippen LogP contribution in [0.1, 0.15) is 33.6 Å². The van der Waals surface area contributed by atoms with Crippen LogP contribution in [0.5, 0.6) is 0 Å². The van der Waals surface area contributed by atoms with Crippen molar-refractivity contribution in [3.05, 3.63) is 0 Å². The highest BCUT2D eigenvalue weighted by atomic mass is 16.5. The largest absolute Gasteiger partial charge is 0.377 e. The topological polar surface area (TPSA) is 21.3 Å². The molecule has 2 nitrogen and oxygen atoms in total. The van der Waals surface area contributed by atoms with Crippen molar-refractivity contribution in [3.8, 4) is 0 Å². The molecule has 1 heterocycles. The van der Waals surface area contributed by atoms with Crippen LogP contribution in [-0.4, -0.2) is 25.8 Å². The van der Waals surface area contributed by atoms with Crippen molar-refractivity contribution < 1.29 is 4.74 Å². The molecule has 0 amide bonds. The Bertz CT molecular complexity index is 133. The van der Waals surface area contributed by atoms with E-state index in [2.05, 4.69) is 26.1 Å². The van der Waals surface area contributed by atoms with Gasteiger partial charge in [-0.15, -0.1) is 0 Å². The van der Waals surface area contributed by atoms with E-state index in [1.165, 1.54) is 12.8 Å². The van der Waals surface area contributed by atoms with E-state index in [4.69, 9.17) is 4.74 Å². The highest BCUT2D eigenvalue weighted by Gasteiger charge is 2.33. The van der Waals surface area contributed by atoms with Gasteiger partial charge in [0.15, 0.2) is 0 Å². The van der Waals surface area contributed by atoms with Gasteiger partial charge in [0.2, 0.25) is 0 Å². The summed E-state index contributed by atoms with van der Waals surface area (Å²) in [4.78, 5) is 0. The van der Waals surface area contributed by atoms with E-state index in [9.17, 15) is 0 Å². The van der Waals surface area contributed by atoms with Gasteiger partial charge in [0.1, 0.15) is 0 Å². The van der Waals surface area contributed by atoms with Crippen LogP contribution in [0, 0.1) is 5.41 Å². The average molecular weight is 171 g/mol. The SMILES string of the molecule is CNC(C1CCCO1)C(C)(C)C. The van der Waals surface area contributed by atoms with Gasteiger partial charge >= 0.3 is 0 Å². The van der Waals surface area contributed by atoms with Crippen LogP contribution < -0.4 is 5.32 Å². The Kier molecular flexibility index (Phi) is 3.13. The van der Waals surface area contributed by atoms with Crippen LogP contribution in [0.3, 0.4) is 0 Å². The number of likely N-dealkylation sites (N-methyl/N-ethyl adjacent to an activating group) is 1. The molecule has 2 unspecified atom stereocenters. The minimum absolute atomic E-state index is 0.295. The number of nitrogens with one attached hydrogen (secondary N) is 1. The Balaban J connectivity index is 2.54. The molecule has 1 rings (SSSR count). The second-order valence-electron chi connectivity index (χ2n) is 4.68. The lowest BCUT2D eigenvalue weighted by molar-refractivity contribution is 0.0426. The van der Waals surface area contributed by atoms with Gasteiger partial charge in [0.25, 0.3) is 0 Å². The molecule has 1 aliphatic rings. The zero-order valence-corrected chi connectivity index (χ0v) is 8.68. The molecule has 0 aromatic carbocycles. The maximum absolute atomic E-state index is 5.67. The van der Waals surface area contributed by atoms with Crippen LogP contribution in [0.4, 0.5) is 0 Å². The first-order valence-corrected chi connectivity index (χ1v) is 4.84. The number of ether oxygens (including phenoxy) is 1. The summed E-state index contributed by atoms with van der Waals surface area (Å²) in [6, 6.07) is 0.486. The maximum Gasteiger partial charge on any atom is 0.0733 e. The predicted octanol–water partition coefficient (Wildman–Crippen LogP) is 1.80. The van der Waals surface area contributed by atoms with E-state index in [1.54, 1.807) is 0 Å². The van der Waals surface area contributed by atoms with Gasteiger partial charge in [0, 0.05) is 12.6 Å². The van der Waals surface area contributed by atoms with Crippen molar-refractivity contribution in [2.75, 3.05) is 13.7 Å². The van der Waals surface area contributed by atoms with Gasteiger partial charge in [0.05, 0.1) is 6.10 Å². The Morgan fingerprint density at radius 1 is 1.42 bits per heavy atom. The molecule has 12 heavy (non-hydrogen) atoms. The fourth-order valence-corrected chi connectivity index (χ4v) is 2.04. The lowest BCUT2D eigenvalue weighted by Crippen LogP contribution is -2.46. The zero-order valence-electron chi connectivity index (χ0n) is 8.68. The standard InChI is InChI=1S/C10H21NO/c1-10(2,3)9(11-4)8-6-5-7-12-8/h8-9,11H,5-7H2,1-4H3. The van der Waals surface area contributed by atoms with E-state index in [-0.39, 0.29) is 0 Å². The minimum atomic E-state index is 0.295. The molecule has 2 atom stereocenters. The first-order valence-electron chi connectivity index (χ1n) is 4.84. The van der Waals surface area contributed by atoms with Gasteiger partial charge in [-0.2, -0.15) is 0 Å². The fraction of sp³-hybridized carbons (Fsp3) is 1.00.